The van der Waals surface area contributed by atoms with Gasteiger partial charge in [0, 0.05) is 37.8 Å². The van der Waals surface area contributed by atoms with Crippen molar-refractivity contribution in [3.63, 3.8) is 0 Å². The smallest absolute Gasteiger partial charge is 0.227 e. The van der Waals surface area contributed by atoms with E-state index in [0.717, 1.165) is 75.1 Å². The van der Waals surface area contributed by atoms with E-state index in [9.17, 15) is 4.79 Å². The van der Waals surface area contributed by atoms with E-state index in [1.54, 1.807) is 0 Å². The highest BCUT2D eigenvalue weighted by Crippen LogP contribution is 2.25. The maximum Gasteiger partial charge on any atom is 0.227 e. The van der Waals surface area contributed by atoms with Gasteiger partial charge in [-0.1, -0.05) is 18.2 Å². The summed E-state index contributed by atoms with van der Waals surface area (Å²) < 4.78 is 5.38. The lowest BCUT2D eigenvalue weighted by atomic mass is 9.95. The molecule has 2 aliphatic heterocycles. The third kappa shape index (κ3) is 4.25. The fraction of sp³-hybridized carbons (Fsp3) is 0.476. The van der Waals surface area contributed by atoms with E-state index in [1.165, 1.54) is 0 Å². The molecule has 2 fully saturated rings. The van der Waals surface area contributed by atoms with Crippen LogP contribution in [0.5, 0.6) is 0 Å². The first kappa shape index (κ1) is 18.7. The first-order valence-electron chi connectivity index (χ1n) is 9.97. The Labute approximate surface area is 165 Å². The molecule has 7 nitrogen and oxygen atoms in total. The van der Waals surface area contributed by atoms with Gasteiger partial charge in [-0.3, -0.25) is 4.79 Å². The minimum absolute atomic E-state index is 0.0457. The summed E-state index contributed by atoms with van der Waals surface area (Å²) in [5.74, 6) is 0.928. The van der Waals surface area contributed by atoms with Crippen molar-refractivity contribution in [1.82, 2.24) is 9.97 Å². The molecular weight excluding hydrogens is 354 g/mol. The topological polar surface area (TPSA) is 70.6 Å². The maximum atomic E-state index is 12.6. The van der Waals surface area contributed by atoms with Crippen molar-refractivity contribution >= 4 is 23.2 Å². The number of anilines is 3. The minimum Gasteiger partial charge on any atom is -0.378 e. The van der Waals surface area contributed by atoms with Crippen LogP contribution in [0, 0.1) is 12.8 Å². The number of hydrogen-bond donors (Lipinski definition) is 1. The van der Waals surface area contributed by atoms with E-state index < -0.39 is 0 Å². The number of carbonyl (C=O) groups is 1. The number of amides is 1. The molecule has 0 bridgehead atoms. The fourth-order valence-corrected chi connectivity index (χ4v) is 3.75. The summed E-state index contributed by atoms with van der Waals surface area (Å²) in [5.41, 5.74) is 3.02. The van der Waals surface area contributed by atoms with Crippen molar-refractivity contribution in [2.45, 2.75) is 19.8 Å². The molecule has 0 spiro atoms. The Hall–Kier alpha value is -2.67. The molecule has 1 N–H and O–H groups in total. The van der Waals surface area contributed by atoms with Crippen molar-refractivity contribution in [2.75, 3.05) is 54.5 Å². The van der Waals surface area contributed by atoms with Gasteiger partial charge in [0.25, 0.3) is 0 Å². The number of ether oxygens (including phenoxy) is 1. The second-order valence-electron chi connectivity index (χ2n) is 7.41. The Kier molecular flexibility index (Phi) is 5.71. The number of rotatable bonds is 4. The average Bonchev–Trinajstić information content (AvgIpc) is 2.76. The third-order valence-corrected chi connectivity index (χ3v) is 5.55. The van der Waals surface area contributed by atoms with Gasteiger partial charge >= 0.3 is 0 Å². The number of aromatic nitrogens is 2. The highest BCUT2D eigenvalue weighted by molar-refractivity contribution is 5.93. The van der Waals surface area contributed by atoms with Gasteiger partial charge in [-0.25, -0.2) is 9.97 Å². The quantitative estimate of drug-likeness (QED) is 0.877. The lowest BCUT2D eigenvalue weighted by Gasteiger charge is -2.33. The lowest BCUT2D eigenvalue weighted by Crippen LogP contribution is -2.39. The summed E-state index contributed by atoms with van der Waals surface area (Å²) in [6.45, 7) is 6.81. The van der Waals surface area contributed by atoms with Crippen molar-refractivity contribution in [1.29, 1.82) is 0 Å². The summed E-state index contributed by atoms with van der Waals surface area (Å²) in [6, 6.07) is 7.90. The van der Waals surface area contributed by atoms with Crippen molar-refractivity contribution in [3.8, 4) is 0 Å². The zero-order valence-corrected chi connectivity index (χ0v) is 16.3. The standard InChI is InChI=1S/C21H27N5O2/c1-16-4-2-3-5-19(16)24-20(27)17-6-8-25(9-7-17)18-14-22-21(23-15-18)26-10-12-28-13-11-26/h2-5,14-15,17H,6-13H2,1H3,(H,24,27). The van der Waals surface area contributed by atoms with E-state index in [4.69, 9.17) is 4.74 Å². The Bertz CT molecular complexity index is 797. The number of aryl methyl sites for hydroxylation is 1. The van der Waals surface area contributed by atoms with Gasteiger partial charge in [0.05, 0.1) is 31.3 Å². The largest absolute Gasteiger partial charge is 0.378 e. The SMILES string of the molecule is Cc1ccccc1NC(=O)C1CCN(c2cnc(N3CCOCC3)nc2)CC1. The monoisotopic (exact) mass is 381 g/mol. The molecule has 0 saturated carbocycles. The molecule has 7 heteroatoms. The molecule has 2 aliphatic rings. The predicted octanol–water partition coefficient (Wildman–Crippen LogP) is 2.48. The zero-order chi connectivity index (χ0) is 19.3. The zero-order valence-electron chi connectivity index (χ0n) is 16.3. The van der Waals surface area contributed by atoms with Gasteiger partial charge in [-0.05, 0) is 31.4 Å². The van der Waals surface area contributed by atoms with Gasteiger partial charge in [-0.2, -0.15) is 0 Å². The van der Waals surface area contributed by atoms with Gasteiger partial charge in [0.1, 0.15) is 0 Å². The molecule has 1 aromatic carbocycles. The normalized spacial score (nSPS) is 18.2. The van der Waals surface area contributed by atoms with Crippen LogP contribution < -0.4 is 15.1 Å². The molecule has 2 saturated heterocycles. The van der Waals surface area contributed by atoms with Gasteiger partial charge in [0.15, 0.2) is 0 Å². The first-order chi connectivity index (χ1) is 13.7. The molecule has 148 valence electrons. The van der Waals surface area contributed by atoms with Crippen LogP contribution in [0.1, 0.15) is 18.4 Å². The number of benzene rings is 1. The molecule has 0 aliphatic carbocycles. The van der Waals surface area contributed by atoms with Gasteiger partial charge < -0.3 is 19.9 Å². The summed E-state index contributed by atoms with van der Waals surface area (Å²) in [6.07, 6.45) is 5.46. The summed E-state index contributed by atoms with van der Waals surface area (Å²) >= 11 is 0. The Morgan fingerprint density at radius 2 is 1.71 bits per heavy atom. The average molecular weight is 381 g/mol. The van der Waals surface area contributed by atoms with Gasteiger partial charge in [0.2, 0.25) is 11.9 Å². The van der Waals surface area contributed by atoms with Crippen molar-refractivity contribution < 1.29 is 9.53 Å². The number of morpholine rings is 1. The number of nitrogens with zero attached hydrogens (tertiary/aromatic N) is 4. The second kappa shape index (κ2) is 8.56. The van der Waals surface area contributed by atoms with Crippen LogP contribution in [0.3, 0.4) is 0 Å². The Morgan fingerprint density at radius 1 is 1.04 bits per heavy atom. The molecular formula is C21H27N5O2. The number of hydrogen-bond acceptors (Lipinski definition) is 6. The van der Waals surface area contributed by atoms with E-state index in [-0.39, 0.29) is 11.8 Å². The molecule has 3 heterocycles. The molecule has 1 amide bonds. The molecule has 0 unspecified atom stereocenters. The number of para-hydroxylation sites is 1. The highest BCUT2D eigenvalue weighted by Gasteiger charge is 2.26. The van der Waals surface area contributed by atoms with Crippen LogP contribution in [0.25, 0.3) is 0 Å². The van der Waals surface area contributed by atoms with Crippen molar-refractivity contribution in [3.05, 3.63) is 42.2 Å². The van der Waals surface area contributed by atoms with E-state index >= 15 is 0 Å². The van der Waals surface area contributed by atoms with Crippen LogP contribution in [-0.4, -0.2) is 55.3 Å². The highest BCUT2D eigenvalue weighted by atomic mass is 16.5. The number of carbonyl (C=O) groups excluding carboxylic acids is 1. The molecule has 28 heavy (non-hydrogen) atoms. The Balaban J connectivity index is 1.31. The van der Waals surface area contributed by atoms with E-state index in [0.29, 0.717) is 0 Å². The summed E-state index contributed by atoms with van der Waals surface area (Å²) in [5, 5.41) is 3.08. The van der Waals surface area contributed by atoms with Crippen LogP contribution >= 0.6 is 0 Å². The first-order valence-corrected chi connectivity index (χ1v) is 9.97. The number of nitrogens with one attached hydrogen (secondary N) is 1. The molecule has 0 radical (unpaired) electrons. The minimum atomic E-state index is 0.0457. The number of piperidine rings is 1. The maximum absolute atomic E-state index is 12.6. The van der Waals surface area contributed by atoms with Crippen LogP contribution in [0.15, 0.2) is 36.7 Å². The van der Waals surface area contributed by atoms with Gasteiger partial charge in [-0.15, -0.1) is 0 Å². The Morgan fingerprint density at radius 3 is 2.39 bits per heavy atom. The van der Waals surface area contributed by atoms with Crippen molar-refractivity contribution in [2.24, 2.45) is 5.92 Å². The summed E-state index contributed by atoms with van der Waals surface area (Å²) in [4.78, 5) is 26.1. The molecule has 1 aromatic heterocycles. The fourth-order valence-electron chi connectivity index (χ4n) is 3.75. The van der Waals surface area contributed by atoms with Crippen LogP contribution in [-0.2, 0) is 9.53 Å². The van der Waals surface area contributed by atoms with E-state index in [1.807, 2.05) is 43.6 Å². The second-order valence-corrected chi connectivity index (χ2v) is 7.41. The van der Waals surface area contributed by atoms with Crippen LogP contribution in [0.4, 0.5) is 17.3 Å². The lowest BCUT2D eigenvalue weighted by molar-refractivity contribution is -0.120. The predicted molar refractivity (Wildman–Crippen MR) is 110 cm³/mol. The molecule has 4 rings (SSSR count). The molecule has 2 aromatic rings. The molecule has 0 atom stereocenters. The summed E-state index contributed by atoms with van der Waals surface area (Å²) in [7, 11) is 0. The van der Waals surface area contributed by atoms with E-state index in [2.05, 4.69) is 25.1 Å². The third-order valence-electron chi connectivity index (χ3n) is 5.55. The van der Waals surface area contributed by atoms with Crippen LogP contribution in [0.2, 0.25) is 0 Å².